The van der Waals surface area contributed by atoms with E-state index in [1.165, 1.54) is 32.1 Å². The Balaban J connectivity index is 1.33. The molecule has 1 amide bonds. The fourth-order valence-electron chi connectivity index (χ4n) is 5.36. The summed E-state index contributed by atoms with van der Waals surface area (Å²) >= 11 is 0. The third-order valence-electron chi connectivity index (χ3n) is 5.97. The van der Waals surface area contributed by atoms with Crippen LogP contribution < -0.4 is 10.6 Å². The molecule has 0 radical (unpaired) electrons. The maximum Gasteiger partial charge on any atom is 0.222 e. The van der Waals surface area contributed by atoms with Crippen LogP contribution in [0, 0.1) is 23.7 Å². The molecule has 1 aliphatic heterocycles. The Morgan fingerprint density at radius 3 is 2.40 bits per heavy atom. The van der Waals surface area contributed by atoms with Crippen molar-refractivity contribution in [3.63, 3.8) is 0 Å². The number of nitrogens with one attached hydrogen (secondary N) is 2. The Kier molecular flexibility index (Phi) is 3.47. The molecule has 1 saturated heterocycles. The number of hydrogen-bond acceptors (Lipinski definition) is 3. The first-order chi connectivity index (χ1) is 9.78. The van der Waals surface area contributed by atoms with Gasteiger partial charge in [0.15, 0.2) is 0 Å². The largest absolute Gasteiger partial charge is 0.375 e. The average molecular weight is 278 g/mol. The quantitative estimate of drug-likeness (QED) is 0.818. The third-order valence-corrected chi connectivity index (χ3v) is 5.97. The standard InChI is InChI=1S/C16H26N2O2/c19-15(8-14-9-17-1-2-20-14)18-16-12-4-10-3-11(6-12)7-13(16)5-10/h10-14,16-17H,1-9H2,(H,18,19). The Hall–Kier alpha value is -0.610. The SMILES string of the molecule is O=C(CC1CNCCO1)NC1C2CC3CC(C2)CC1C3. The maximum atomic E-state index is 12.3. The molecule has 5 aliphatic rings. The lowest BCUT2D eigenvalue weighted by Gasteiger charge is -2.54. The van der Waals surface area contributed by atoms with Gasteiger partial charge in [0.25, 0.3) is 0 Å². The first-order valence-electron chi connectivity index (χ1n) is 8.39. The second kappa shape index (κ2) is 5.30. The average Bonchev–Trinajstić information content (AvgIpc) is 2.43. The lowest BCUT2D eigenvalue weighted by molar-refractivity contribution is -0.128. The molecule has 4 aliphatic carbocycles. The first kappa shape index (κ1) is 13.1. The second-order valence-electron chi connectivity index (χ2n) is 7.43. The van der Waals surface area contributed by atoms with E-state index in [4.69, 9.17) is 4.74 Å². The molecule has 20 heavy (non-hydrogen) atoms. The first-order valence-corrected chi connectivity index (χ1v) is 8.39. The highest BCUT2D eigenvalue weighted by Gasteiger charge is 2.48. The smallest absolute Gasteiger partial charge is 0.222 e. The maximum absolute atomic E-state index is 12.3. The highest BCUT2D eigenvalue weighted by Crippen LogP contribution is 2.53. The Morgan fingerprint density at radius 1 is 1.10 bits per heavy atom. The summed E-state index contributed by atoms with van der Waals surface area (Å²) in [6.45, 7) is 2.46. The molecule has 0 aromatic heterocycles. The van der Waals surface area contributed by atoms with E-state index >= 15 is 0 Å². The minimum atomic E-state index is 0.0700. The summed E-state index contributed by atoms with van der Waals surface area (Å²) in [4.78, 5) is 12.3. The van der Waals surface area contributed by atoms with Crippen molar-refractivity contribution in [1.29, 1.82) is 0 Å². The molecule has 0 aromatic carbocycles. The molecule has 4 bridgehead atoms. The molecule has 4 saturated carbocycles. The van der Waals surface area contributed by atoms with Crippen LogP contribution >= 0.6 is 0 Å². The van der Waals surface area contributed by atoms with E-state index in [9.17, 15) is 4.79 Å². The Morgan fingerprint density at radius 2 is 1.80 bits per heavy atom. The molecule has 0 spiro atoms. The summed E-state index contributed by atoms with van der Waals surface area (Å²) in [6.07, 6.45) is 7.50. The van der Waals surface area contributed by atoms with E-state index in [0.717, 1.165) is 43.4 Å². The van der Waals surface area contributed by atoms with Gasteiger partial charge in [-0.2, -0.15) is 0 Å². The van der Waals surface area contributed by atoms with E-state index in [1.54, 1.807) is 0 Å². The van der Waals surface area contributed by atoms with Gasteiger partial charge in [-0.25, -0.2) is 0 Å². The molecule has 0 aromatic rings. The monoisotopic (exact) mass is 278 g/mol. The summed E-state index contributed by atoms with van der Waals surface area (Å²) in [6, 6.07) is 0.465. The predicted octanol–water partition coefficient (Wildman–Crippen LogP) is 1.31. The Bertz CT molecular complexity index is 351. The zero-order valence-electron chi connectivity index (χ0n) is 12.1. The number of carbonyl (C=O) groups excluding carboxylic acids is 1. The zero-order chi connectivity index (χ0) is 13.5. The minimum Gasteiger partial charge on any atom is -0.375 e. The fraction of sp³-hybridized carbons (Fsp3) is 0.938. The molecule has 5 fully saturated rings. The topological polar surface area (TPSA) is 50.4 Å². The molecule has 4 nitrogen and oxygen atoms in total. The van der Waals surface area contributed by atoms with Crippen LogP contribution in [-0.2, 0) is 9.53 Å². The van der Waals surface area contributed by atoms with Gasteiger partial charge in [0, 0.05) is 19.1 Å². The minimum absolute atomic E-state index is 0.0700. The van der Waals surface area contributed by atoms with Gasteiger partial charge in [0.2, 0.25) is 5.91 Å². The van der Waals surface area contributed by atoms with Gasteiger partial charge in [-0.15, -0.1) is 0 Å². The molecule has 2 N–H and O–H groups in total. The van der Waals surface area contributed by atoms with Crippen LogP contribution in [-0.4, -0.2) is 37.7 Å². The number of rotatable bonds is 3. The van der Waals surface area contributed by atoms with Gasteiger partial charge in [0.05, 0.1) is 19.1 Å². The molecule has 5 rings (SSSR count). The molecule has 1 heterocycles. The van der Waals surface area contributed by atoms with Crippen LogP contribution in [0.5, 0.6) is 0 Å². The van der Waals surface area contributed by atoms with E-state index in [0.29, 0.717) is 12.5 Å². The van der Waals surface area contributed by atoms with Gasteiger partial charge in [-0.3, -0.25) is 4.79 Å². The van der Waals surface area contributed by atoms with Crippen LogP contribution in [0.4, 0.5) is 0 Å². The number of ether oxygens (including phenoxy) is 1. The van der Waals surface area contributed by atoms with E-state index in [1.807, 2.05) is 0 Å². The summed E-state index contributed by atoms with van der Waals surface area (Å²) in [5, 5.41) is 6.65. The highest BCUT2D eigenvalue weighted by atomic mass is 16.5. The lowest BCUT2D eigenvalue weighted by Crippen LogP contribution is -2.56. The van der Waals surface area contributed by atoms with Gasteiger partial charge in [-0.1, -0.05) is 0 Å². The van der Waals surface area contributed by atoms with Crippen molar-refractivity contribution in [3.8, 4) is 0 Å². The molecular formula is C16H26N2O2. The van der Waals surface area contributed by atoms with Crippen molar-refractivity contribution in [3.05, 3.63) is 0 Å². The Labute approximate surface area is 121 Å². The summed E-state index contributed by atoms with van der Waals surface area (Å²) in [5.41, 5.74) is 0. The zero-order valence-corrected chi connectivity index (χ0v) is 12.1. The van der Waals surface area contributed by atoms with Crippen molar-refractivity contribution in [1.82, 2.24) is 10.6 Å². The van der Waals surface area contributed by atoms with Crippen LogP contribution in [0.3, 0.4) is 0 Å². The summed E-state index contributed by atoms with van der Waals surface area (Å²) < 4.78 is 5.63. The lowest BCUT2D eigenvalue weighted by atomic mass is 9.54. The summed E-state index contributed by atoms with van der Waals surface area (Å²) in [5.74, 6) is 3.67. The normalized spacial score (nSPS) is 46.4. The van der Waals surface area contributed by atoms with Crippen molar-refractivity contribution < 1.29 is 9.53 Å². The third kappa shape index (κ3) is 2.48. The van der Waals surface area contributed by atoms with E-state index in [2.05, 4.69) is 10.6 Å². The van der Waals surface area contributed by atoms with Crippen LogP contribution in [0.1, 0.15) is 38.5 Å². The van der Waals surface area contributed by atoms with Gasteiger partial charge in [-0.05, 0) is 55.8 Å². The molecule has 112 valence electrons. The van der Waals surface area contributed by atoms with Gasteiger partial charge < -0.3 is 15.4 Å². The van der Waals surface area contributed by atoms with Gasteiger partial charge >= 0.3 is 0 Å². The second-order valence-corrected chi connectivity index (χ2v) is 7.43. The fourth-order valence-corrected chi connectivity index (χ4v) is 5.36. The van der Waals surface area contributed by atoms with Crippen molar-refractivity contribution in [2.45, 2.75) is 50.7 Å². The van der Waals surface area contributed by atoms with Gasteiger partial charge in [0.1, 0.15) is 0 Å². The van der Waals surface area contributed by atoms with Crippen LogP contribution in [0.2, 0.25) is 0 Å². The van der Waals surface area contributed by atoms with Crippen molar-refractivity contribution >= 4 is 5.91 Å². The molecule has 1 atom stereocenters. The molecule has 1 unspecified atom stereocenters. The predicted molar refractivity (Wildman–Crippen MR) is 76.2 cm³/mol. The number of carbonyl (C=O) groups is 1. The highest BCUT2D eigenvalue weighted by molar-refractivity contribution is 5.77. The molecule has 4 heteroatoms. The molecular weight excluding hydrogens is 252 g/mol. The van der Waals surface area contributed by atoms with Crippen LogP contribution in [0.15, 0.2) is 0 Å². The van der Waals surface area contributed by atoms with E-state index < -0.39 is 0 Å². The summed E-state index contributed by atoms with van der Waals surface area (Å²) in [7, 11) is 0. The van der Waals surface area contributed by atoms with Crippen molar-refractivity contribution in [2.24, 2.45) is 23.7 Å². The number of hydrogen-bond donors (Lipinski definition) is 2. The van der Waals surface area contributed by atoms with Crippen LogP contribution in [0.25, 0.3) is 0 Å². The number of morpholine rings is 1. The van der Waals surface area contributed by atoms with E-state index in [-0.39, 0.29) is 12.0 Å². The number of amides is 1. The van der Waals surface area contributed by atoms with Crippen molar-refractivity contribution in [2.75, 3.05) is 19.7 Å².